The topological polar surface area (TPSA) is 0 Å². The maximum Gasteiger partial charge on any atom is -0.0266 e. The van der Waals surface area contributed by atoms with Crippen LogP contribution in [0.2, 0.25) is 0 Å². The average Bonchev–Trinajstić information content (AvgIpc) is 2.88. The molecule has 7 atom stereocenters. The lowest BCUT2D eigenvalue weighted by molar-refractivity contribution is -0.0918. The first-order valence-electron chi connectivity index (χ1n) is 9.18. The first-order valence-corrected chi connectivity index (χ1v) is 9.18. The second kappa shape index (κ2) is 4.50. The summed E-state index contributed by atoms with van der Waals surface area (Å²) >= 11 is 0. The fraction of sp³-hybridized carbons (Fsp3) is 1.00. The highest BCUT2D eigenvalue weighted by Gasteiger charge is 2.54. The van der Waals surface area contributed by atoms with Crippen molar-refractivity contribution in [3.8, 4) is 0 Å². The van der Waals surface area contributed by atoms with Gasteiger partial charge in [-0.2, -0.15) is 0 Å². The molecule has 0 heteroatoms. The molecule has 0 saturated heterocycles. The van der Waals surface area contributed by atoms with Crippen LogP contribution < -0.4 is 0 Å². The fourth-order valence-corrected chi connectivity index (χ4v) is 7.09. The second-order valence-electron chi connectivity index (χ2n) is 8.86. The molecule has 0 nitrogen and oxygen atoms in total. The predicted octanol–water partition coefficient (Wildman–Crippen LogP) is 5.67. The molecule has 108 valence electrons. The molecule has 0 amide bonds. The SMILES string of the molecule is C[C@@H]1CC[C@@]2(C)C(CCC3C4CCCC4CCC32)C1. The summed E-state index contributed by atoms with van der Waals surface area (Å²) in [5, 5.41) is 0. The van der Waals surface area contributed by atoms with Crippen LogP contribution in [0.1, 0.15) is 78.1 Å². The quantitative estimate of drug-likeness (QED) is 0.527. The molecule has 0 radical (unpaired) electrons. The van der Waals surface area contributed by atoms with Crippen LogP contribution in [0, 0.1) is 40.9 Å². The van der Waals surface area contributed by atoms with E-state index in [4.69, 9.17) is 0 Å². The summed E-state index contributed by atoms with van der Waals surface area (Å²) in [5.41, 5.74) is 0.739. The largest absolute Gasteiger partial charge is 0.0625 e. The van der Waals surface area contributed by atoms with E-state index in [0.717, 1.165) is 40.9 Å². The molecule has 4 rings (SSSR count). The first-order chi connectivity index (χ1) is 9.18. The van der Waals surface area contributed by atoms with Crippen molar-refractivity contribution < 1.29 is 0 Å². The third-order valence-electron chi connectivity index (χ3n) is 8.12. The van der Waals surface area contributed by atoms with E-state index in [-0.39, 0.29) is 0 Å². The van der Waals surface area contributed by atoms with Gasteiger partial charge in [-0.15, -0.1) is 0 Å². The van der Waals surface area contributed by atoms with E-state index >= 15 is 0 Å². The van der Waals surface area contributed by atoms with Crippen LogP contribution in [0.25, 0.3) is 0 Å². The lowest BCUT2D eigenvalue weighted by atomic mass is 9.46. The molecular weight excluding hydrogens is 228 g/mol. The molecule has 4 aliphatic carbocycles. The minimum atomic E-state index is 0.739. The van der Waals surface area contributed by atoms with E-state index in [1.165, 1.54) is 6.42 Å². The van der Waals surface area contributed by atoms with Crippen molar-refractivity contribution in [3.63, 3.8) is 0 Å². The number of hydrogen-bond donors (Lipinski definition) is 0. The molecule has 0 N–H and O–H groups in total. The average molecular weight is 260 g/mol. The van der Waals surface area contributed by atoms with Gasteiger partial charge in [-0.25, -0.2) is 0 Å². The van der Waals surface area contributed by atoms with Gasteiger partial charge in [-0.05, 0) is 85.9 Å². The molecule has 0 aliphatic heterocycles. The molecule has 0 bridgehead atoms. The van der Waals surface area contributed by atoms with Gasteiger partial charge in [0.2, 0.25) is 0 Å². The van der Waals surface area contributed by atoms with Crippen LogP contribution in [0.5, 0.6) is 0 Å². The normalized spacial score (nSPS) is 57.2. The molecule has 4 fully saturated rings. The van der Waals surface area contributed by atoms with Gasteiger partial charge in [0.25, 0.3) is 0 Å². The van der Waals surface area contributed by atoms with Crippen molar-refractivity contribution in [1.82, 2.24) is 0 Å². The molecule has 4 saturated carbocycles. The van der Waals surface area contributed by atoms with Gasteiger partial charge in [0.15, 0.2) is 0 Å². The lowest BCUT2D eigenvalue weighted by Crippen LogP contribution is -2.50. The van der Waals surface area contributed by atoms with E-state index in [1.807, 2.05) is 0 Å². The van der Waals surface area contributed by atoms with Crippen LogP contribution >= 0.6 is 0 Å². The van der Waals surface area contributed by atoms with Crippen molar-refractivity contribution in [2.24, 2.45) is 40.9 Å². The monoisotopic (exact) mass is 260 g/mol. The molecule has 0 aromatic carbocycles. The van der Waals surface area contributed by atoms with Crippen molar-refractivity contribution in [2.75, 3.05) is 0 Å². The van der Waals surface area contributed by atoms with Crippen molar-refractivity contribution in [3.05, 3.63) is 0 Å². The zero-order valence-electron chi connectivity index (χ0n) is 13.0. The van der Waals surface area contributed by atoms with Crippen molar-refractivity contribution in [1.29, 1.82) is 0 Å². The summed E-state index contributed by atoms with van der Waals surface area (Å²) in [4.78, 5) is 0. The Morgan fingerprint density at radius 3 is 2.63 bits per heavy atom. The molecule has 0 heterocycles. The Morgan fingerprint density at radius 2 is 1.74 bits per heavy atom. The van der Waals surface area contributed by atoms with Crippen LogP contribution in [0.3, 0.4) is 0 Å². The molecular formula is C19H32. The zero-order chi connectivity index (χ0) is 13.0. The van der Waals surface area contributed by atoms with Gasteiger partial charge < -0.3 is 0 Å². The number of hydrogen-bond acceptors (Lipinski definition) is 0. The highest BCUT2D eigenvalue weighted by molar-refractivity contribution is 5.04. The Morgan fingerprint density at radius 1 is 0.842 bits per heavy atom. The third-order valence-corrected chi connectivity index (χ3v) is 8.12. The summed E-state index contributed by atoms with van der Waals surface area (Å²) in [6.45, 7) is 5.20. The summed E-state index contributed by atoms with van der Waals surface area (Å²) < 4.78 is 0. The third kappa shape index (κ3) is 1.84. The van der Waals surface area contributed by atoms with Gasteiger partial charge >= 0.3 is 0 Å². The molecule has 0 aromatic rings. The van der Waals surface area contributed by atoms with Crippen molar-refractivity contribution >= 4 is 0 Å². The Hall–Kier alpha value is 0. The van der Waals surface area contributed by atoms with Gasteiger partial charge in [0.05, 0.1) is 0 Å². The smallest absolute Gasteiger partial charge is 0.0266 e. The van der Waals surface area contributed by atoms with Crippen LogP contribution in [-0.4, -0.2) is 0 Å². The minimum Gasteiger partial charge on any atom is -0.0625 e. The van der Waals surface area contributed by atoms with Crippen LogP contribution in [0.15, 0.2) is 0 Å². The highest BCUT2D eigenvalue weighted by atomic mass is 14.6. The predicted molar refractivity (Wildman–Crippen MR) is 80.9 cm³/mol. The second-order valence-corrected chi connectivity index (χ2v) is 8.86. The standard InChI is InChI=1S/C19H32/c1-13-10-11-19(2)15(12-13)7-8-17-16-5-3-4-14(16)6-9-18(17)19/h13-18H,3-12H2,1-2H3/t13-,14?,15?,16?,17?,18?,19+/m1/s1. The Balaban J connectivity index is 1.60. The fourth-order valence-electron chi connectivity index (χ4n) is 7.09. The van der Waals surface area contributed by atoms with Gasteiger partial charge in [0, 0.05) is 0 Å². The maximum atomic E-state index is 2.70. The zero-order valence-corrected chi connectivity index (χ0v) is 13.0. The summed E-state index contributed by atoms with van der Waals surface area (Å²) in [5.74, 6) is 6.63. The molecule has 5 unspecified atom stereocenters. The summed E-state index contributed by atoms with van der Waals surface area (Å²) in [7, 11) is 0. The van der Waals surface area contributed by atoms with E-state index in [1.54, 1.807) is 57.8 Å². The Bertz CT molecular complexity index is 346. The maximum absolute atomic E-state index is 2.70. The molecule has 19 heavy (non-hydrogen) atoms. The van der Waals surface area contributed by atoms with Gasteiger partial charge in [-0.3, -0.25) is 0 Å². The minimum absolute atomic E-state index is 0.739. The Kier molecular flexibility index (Phi) is 3.01. The molecule has 0 aromatic heterocycles. The molecule has 4 aliphatic rings. The first kappa shape index (κ1) is 12.7. The summed E-state index contributed by atoms with van der Waals surface area (Å²) in [6, 6.07) is 0. The lowest BCUT2D eigenvalue weighted by Gasteiger charge is -2.59. The van der Waals surface area contributed by atoms with E-state index in [0.29, 0.717) is 0 Å². The van der Waals surface area contributed by atoms with E-state index in [9.17, 15) is 0 Å². The Labute approximate surface area is 119 Å². The van der Waals surface area contributed by atoms with E-state index in [2.05, 4.69) is 13.8 Å². The van der Waals surface area contributed by atoms with E-state index < -0.39 is 0 Å². The summed E-state index contributed by atoms with van der Waals surface area (Å²) in [6.07, 6.45) is 15.7. The molecule has 0 spiro atoms. The van der Waals surface area contributed by atoms with Crippen LogP contribution in [0.4, 0.5) is 0 Å². The van der Waals surface area contributed by atoms with Crippen molar-refractivity contribution in [2.45, 2.75) is 78.1 Å². The number of fused-ring (bicyclic) bond motifs is 5. The van der Waals surface area contributed by atoms with Gasteiger partial charge in [-0.1, -0.05) is 33.1 Å². The van der Waals surface area contributed by atoms with Gasteiger partial charge in [0.1, 0.15) is 0 Å². The number of rotatable bonds is 0. The van der Waals surface area contributed by atoms with Crippen LogP contribution in [-0.2, 0) is 0 Å². The highest BCUT2D eigenvalue weighted by Crippen LogP contribution is 2.63.